The first kappa shape index (κ1) is 19.0. The van der Waals surface area contributed by atoms with Gasteiger partial charge in [0.2, 0.25) is 10.0 Å². The fourth-order valence-corrected chi connectivity index (χ4v) is 4.55. The van der Waals surface area contributed by atoms with Gasteiger partial charge in [0.1, 0.15) is 5.65 Å². The second-order valence-corrected chi connectivity index (χ2v) is 9.22. The van der Waals surface area contributed by atoms with Crippen molar-refractivity contribution in [2.75, 3.05) is 24.2 Å². The molecule has 1 fully saturated rings. The molecule has 0 saturated carbocycles. The monoisotopic (exact) mass is 424 g/mol. The molecule has 2 N–H and O–H groups in total. The lowest BCUT2D eigenvalue weighted by Crippen LogP contribution is -2.33. The lowest BCUT2D eigenvalue weighted by molar-refractivity contribution is 0.475. The van der Waals surface area contributed by atoms with Gasteiger partial charge in [0.15, 0.2) is 17.5 Å². The number of hydrogen-bond donors (Lipinski definition) is 2. The highest BCUT2D eigenvalue weighted by molar-refractivity contribution is 7.89. The molecule has 3 aromatic rings. The van der Waals surface area contributed by atoms with Gasteiger partial charge >= 0.3 is 0 Å². The highest BCUT2D eigenvalue weighted by Crippen LogP contribution is 2.28. The minimum atomic E-state index is -3.26. The van der Waals surface area contributed by atoms with Crippen LogP contribution in [0.5, 0.6) is 0 Å². The molecule has 4 rings (SSSR count). The first-order valence-electron chi connectivity index (χ1n) is 8.77. The number of rotatable bonds is 5. The molecule has 1 atom stereocenters. The van der Waals surface area contributed by atoms with Crippen LogP contribution in [0, 0.1) is 5.82 Å². The number of fused-ring (bicyclic) bond motifs is 1. The van der Waals surface area contributed by atoms with Crippen LogP contribution in [-0.4, -0.2) is 57.5 Å². The molecule has 148 valence electrons. The van der Waals surface area contributed by atoms with Crippen molar-refractivity contribution in [3.63, 3.8) is 0 Å². The van der Waals surface area contributed by atoms with Crippen LogP contribution in [0.4, 0.5) is 10.2 Å². The smallest absolute Gasteiger partial charge is 0.213 e. The summed E-state index contributed by atoms with van der Waals surface area (Å²) in [6, 6.07) is 1.51. The third-order valence-corrected chi connectivity index (χ3v) is 6.79. The minimum Gasteiger partial charge on any atom is -0.363 e. The van der Waals surface area contributed by atoms with Gasteiger partial charge in [-0.3, -0.25) is 0 Å². The maximum atomic E-state index is 14.3. The van der Waals surface area contributed by atoms with Crippen LogP contribution in [0.15, 0.2) is 24.7 Å². The fraction of sp³-hybridized carbons (Fsp3) is 0.353. The summed E-state index contributed by atoms with van der Waals surface area (Å²) in [6.45, 7) is 2.29. The topological polar surface area (TPSA) is 104 Å². The maximum absolute atomic E-state index is 14.3. The second-order valence-electron chi connectivity index (χ2n) is 6.53. The molecule has 3 aromatic heterocycles. The highest BCUT2D eigenvalue weighted by Gasteiger charge is 2.30. The van der Waals surface area contributed by atoms with E-state index in [1.165, 1.54) is 10.5 Å². The molecule has 11 heteroatoms. The van der Waals surface area contributed by atoms with Crippen LogP contribution in [0.2, 0.25) is 5.02 Å². The number of nitrogens with zero attached hydrogens (tertiary/aromatic N) is 4. The van der Waals surface area contributed by atoms with E-state index in [1.807, 2.05) is 0 Å². The van der Waals surface area contributed by atoms with Gasteiger partial charge in [-0.2, -0.15) is 4.31 Å². The van der Waals surface area contributed by atoms with E-state index in [4.69, 9.17) is 11.6 Å². The van der Waals surface area contributed by atoms with Crippen molar-refractivity contribution >= 4 is 38.5 Å². The quantitative estimate of drug-likeness (QED) is 0.652. The van der Waals surface area contributed by atoms with Crippen LogP contribution in [-0.2, 0) is 10.0 Å². The van der Waals surface area contributed by atoms with E-state index >= 15 is 0 Å². The van der Waals surface area contributed by atoms with E-state index in [1.54, 1.807) is 19.2 Å². The van der Waals surface area contributed by atoms with Gasteiger partial charge in [-0.25, -0.2) is 27.8 Å². The summed E-state index contributed by atoms with van der Waals surface area (Å²) in [6.07, 6.45) is 4.89. The number of aromatic nitrogens is 4. The van der Waals surface area contributed by atoms with Gasteiger partial charge in [-0.05, 0) is 19.4 Å². The van der Waals surface area contributed by atoms with Crippen molar-refractivity contribution in [2.45, 2.75) is 19.4 Å². The number of hydrogen-bond acceptors (Lipinski definition) is 6. The van der Waals surface area contributed by atoms with Crippen molar-refractivity contribution in [2.24, 2.45) is 0 Å². The number of anilines is 1. The third-order valence-electron chi connectivity index (χ3n) is 4.73. The SMILES string of the molecule is CCS(=O)(=O)N1CCC(Nc2nc(-c3c[nH]c4ncc(Cl)cc34)ncc2F)C1. The molecule has 0 radical (unpaired) electrons. The van der Waals surface area contributed by atoms with Gasteiger partial charge in [-0.1, -0.05) is 11.6 Å². The highest BCUT2D eigenvalue weighted by atomic mass is 35.5. The van der Waals surface area contributed by atoms with Gasteiger partial charge in [0.05, 0.1) is 17.0 Å². The summed E-state index contributed by atoms with van der Waals surface area (Å²) in [5.41, 5.74) is 1.27. The number of pyridine rings is 1. The van der Waals surface area contributed by atoms with Crippen LogP contribution in [0.25, 0.3) is 22.4 Å². The predicted octanol–water partition coefficient (Wildman–Crippen LogP) is 2.65. The summed E-state index contributed by atoms with van der Waals surface area (Å²) in [5.74, 6) is -0.204. The summed E-state index contributed by atoms with van der Waals surface area (Å²) in [5, 5.41) is 4.21. The normalized spacial score (nSPS) is 18.0. The molecule has 0 spiro atoms. The Labute approximate surface area is 166 Å². The van der Waals surface area contributed by atoms with Gasteiger partial charge in [0.25, 0.3) is 0 Å². The summed E-state index contributed by atoms with van der Waals surface area (Å²) >= 11 is 6.02. The number of H-pyrrole nitrogens is 1. The van der Waals surface area contributed by atoms with Crippen molar-refractivity contribution < 1.29 is 12.8 Å². The molecule has 1 aliphatic rings. The summed E-state index contributed by atoms with van der Waals surface area (Å²) < 4.78 is 39.7. The summed E-state index contributed by atoms with van der Waals surface area (Å²) in [7, 11) is -3.26. The van der Waals surface area contributed by atoms with E-state index in [0.717, 1.165) is 11.6 Å². The number of nitrogens with one attached hydrogen (secondary N) is 2. The maximum Gasteiger partial charge on any atom is 0.213 e. The van der Waals surface area contributed by atoms with Gasteiger partial charge < -0.3 is 10.3 Å². The Morgan fingerprint density at radius 3 is 3.00 bits per heavy atom. The third kappa shape index (κ3) is 3.54. The zero-order valence-electron chi connectivity index (χ0n) is 15.0. The first-order chi connectivity index (χ1) is 13.4. The van der Waals surface area contributed by atoms with E-state index in [0.29, 0.717) is 35.0 Å². The lowest BCUT2D eigenvalue weighted by Gasteiger charge is -2.16. The van der Waals surface area contributed by atoms with E-state index in [9.17, 15) is 12.8 Å². The molecule has 4 heterocycles. The average Bonchev–Trinajstić information content (AvgIpc) is 3.31. The van der Waals surface area contributed by atoms with E-state index in [-0.39, 0.29) is 24.2 Å². The number of sulfonamides is 1. The molecular formula is C17H18ClFN6O2S. The first-order valence-corrected chi connectivity index (χ1v) is 10.8. The zero-order valence-corrected chi connectivity index (χ0v) is 16.6. The van der Waals surface area contributed by atoms with E-state index in [2.05, 4.69) is 25.3 Å². The van der Waals surface area contributed by atoms with Crippen LogP contribution < -0.4 is 5.32 Å². The molecule has 0 bridgehead atoms. The van der Waals surface area contributed by atoms with Gasteiger partial charge in [0, 0.05) is 42.5 Å². The molecule has 0 aliphatic carbocycles. The number of halogens is 2. The largest absolute Gasteiger partial charge is 0.363 e. The molecular weight excluding hydrogens is 407 g/mol. The zero-order chi connectivity index (χ0) is 19.9. The minimum absolute atomic E-state index is 0.0371. The Morgan fingerprint density at radius 1 is 1.39 bits per heavy atom. The average molecular weight is 425 g/mol. The van der Waals surface area contributed by atoms with Crippen molar-refractivity contribution in [1.82, 2.24) is 24.2 Å². The Kier molecular flexibility index (Phi) is 4.94. The van der Waals surface area contributed by atoms with Crippen molar-refractivity contribution in [3.05, 3.63) is 35.5 Å². The molecule has 8 nitrogen and oxygen atoms in total. The standard InChI is InChI=1S/C17H18ClFN6O2S/c1-2-28(26,27)25-4-3-11(9-25)23-17-14(19)8-22-16(24-17)13-7-21-15-12(13)5-10(18)6-20-15/h5-8,11H,2-4,9H2,1H3,(H,20,21)(H,22,23,24). The van der Waals surface area contributed by atoms with Crippen molar-refractivity contribution in [3.8, 4) is 11.4 Å². The molecule has 1 unspecified atom stereocenters. The Morgan fingerprint density at radius 2 is 2.21 bits per heavy atom. The number of aromatic amines is 1. The van der Waals surface area contributed by atoms with Gasteiger partial charge in [-0.15, -0.1) is 0 Å². The Hall–Kier alpha value is -2.30. The van der Waals surface area contributed by atoms with Crippen LogP contribution >= 0.6 is 11.6 Å². The predicted molar refractivity (Wildman–Crippen MR) is 105 cm³/mol. The van der Waals surface area contributed by atoms with Crippen LogP contribution in [0.1, 0.15) is 13.3 Å². The molecule has 1 saturated heterocycles. The molecule has 0 amide bonds. The second kappa shape index (κ2) is 7.26. The summed E-state index contributed by atoms with van der Waals surface area (Å²) in [4.78, 5) is 15.6. The van der Waals surface area contributed by atoms with E-state index < -0.39 is 15.8 Å². The molecule has 28 heavy (non-hydrogen) atoms. The van der Waals surface area contributed by atoms with Crippen molar-refractivity contribution in [1.29, 1.82) is 0 Å². The molecule has 1 aliphatic heterocycles. The lowest BCUT2D eigenvalue weighted by atomic mass is 10.2. The molecule has 0 aromatic carbocycles. The Balaban J connectivity index is 1.60. The fourth-order valence-electron chi connectivity index (χ4n) is 3.24. The van der Waals surface area contributed by atoms with Crippen LogP contribution in [0.3, 0.4) is 0 Å². The Bertz CT molecular complexity index is 1140.